The fraction of sp³-hybridized carbons (Fsp3) is 0.333. The lowest BCUT2D eigenvalue weighted by molar-refractivity contribution is 0.0694. The van der Waals surface area contributed by atoms with E-state index >= 15 is 8.78 Å². The maximum atomic E-state index is 16.2. The normalized spacial score (nSPS) is 18.7. The highest BCUT2D eigenvalue weighted by Gasteiger charge is 2.42. The lowest BCUT2D eigenvalue weighted by Gasteiger charge is -2.34. The number of fused-ring (bicyclic) bond motifs is 1. The molecule has 2 fully saturated rings. The van der Waals surface area contributed by atoms with Gasteiger partial charge in [-0.05, 0) is 36.5 Å². The Morgan fingerprint density at radius 2 is 1.62 bits per heavy atom. The van der Waals surface area contributed by atoms with Crippen molar-refractivity contribution < 1.29 is 23.1 Å². The van der Waals surface area contributed by atoms with Gasteiger partial charge in [-0.3, -0.25) is 14.1 Å². The molecule has 4 aromatic rings. The molecule has 1 saturated heterocycles. The minimum Gasteiger partial charge on any atom is -0.477 e. The quantitative estimate of drug-likeness (QED) is 0.245. The maximum Gasteiger partial charge on any atom is 0.341 e. The number of pyridine rings is 1. The molecule has 1 aromatic heterocycles. The van der Waals surface area contributed by atoms with Crippen LogP contribution in [0.4, 0.5) is 18.9 Å². The van der Waals surface area contributed by atoms with E-state index < -0.39 is 40.7 Å². The number of hydrogen-bond acceptors (Lipinski definition) is 4. The number of benzene rings is 3. The van der Waals surface area contributed by atoms with Crippen molar-refractivity contribution in [3.05, 3.63) is 111 Å². The summed E-state index contributed by atoms with van der Waals surface area (Å²) >= 11 is 0. The summed E-state index contributed by atoms with van der Waals surface area (Å²) in [5, 5.41) is 9.21. The fourth-order valence-corrected chi connectivity index (χ4v) is 6.25. The van der Waals surface area contributed by atoms with Gasteiger partial charge in [-0.2, -0.15) is 0 Å². The summed E-state index contributed by atoms with van der Waals surface area (Å²) < 4.78 is 48.2. The molecule has 0 amide bonds. The highest BCUT2D eigenvalue weighted by atomic mass is 19.1. The smallest absolute Gasteiger partial charge is 0.341 e. The highest BCUT2D eigenvalue weighted by molar-refractivity contribution is 5.94. The van der Waals surface area contributed by atoms with E-state index in [-0.39, 0.29) is 35.7 Å². The molecule has 2 aliphatic rings. The van der Waals surface area contributed by atoms with Crippen molar-refractivity contribution in [2.45, 2.75) is 38.4 Å². The molecule has 1 atom stereocenters. The van der Waals surface area contributed by atoms with Gasteiger partial charge in [0.2, 0.25) is 5.43 Å². The average Bonchev–Trinajstić information content (AvgIpc) is 3.75. The van der Waals surface area contributed by atoms with Crippen molar-refractivity contribution in [1.82, 2.24) is 9.47 Å². The minimum atomic E-state index is -1.44. The molecule has 0 spiro atoms. The topological polar surface area (TPSA) is 65.8 Å². The minimum absolute atomic E-state index is 0.101. The van der Waals surface area contributed by atoms with Gasteiger partial charge in [0.05, 0.1) is 17.6 Å². The Balaban J connectivity index is 1.33. The van der Waals surface area contributed by atoms with Crippen molar-refractivity contribution in [1.29, 1.82) is 0 Å². The molecule has 0 bridgehead atoms. The second-order valence-corrected chi connectivity index (χ2v) is 11.7. The predicted molar refractivity (Wildman–Crippen MR) is 156 cm³/mol. The van der Waals surface area contributed by atoms with Crippen molar-refractivity contribution in [3.63, 3.8) is 0 Å². The molecule has 1 unspecified atom stereocenters. The van der Waals surface area contributed by atoms with Crippen molar-refractivity contribution in [2.75, 3.05) is 31.2 Å². The van der Waals surface area contributed by atoms with Crippen LogP contribution in [0, 0.1) is 17.0 Å². The van der Waals surface area contributed by atoms with E-state index in [1.807, 2.05) is 60.7 Å². The molecule has 1 aliphatic heterocycles. The van der Waals surface area contributed by atoms with Crippen LogP contribution in [-0.2, 0) is 13.1 Å². The summed E-state index contributed by atoms with van der Waals surface area (Å²) in [6.07, 6.45) is 2.97. The van der Waals surface area contributed by atoms with Gasteiger partial charge in [0, 0.05) is 50.4 Å². The number of nitrogens with zero attached hydrogens (tertiary/aromatic N) is 3. The Labute approximate surface area is 241 Å². The number of aromatic nitrogens is 1. The molecule has 218 valence electrons. The monoisotopic (exact) mass is 575 g/mol. The summed E-state index contributed by atoms with van der Waals surface area (Å²) in [4.78, 5) is 28.3. The van der Waals surface area contributed by atoms with E-state index in [2.05, 4.69) is 4.90 Å². The zero-order valence-electron chi connectivity index (χ0n) is 23.1. The van der Waals surface area contributed by atoms with Crippen LogP contribution >= 0.6 is 0 Å². The zero-order chi connectivity index (χ0) is 29.4. The second-order valence-electron chi connectivity index (χ2n) is 11.7. The van der Waals surface area contributed by atoms with Crippen LogP contribution in [0.15, 0.2) is 77.7 Å². The first-order chi connectivity index (χ1) is 20.3. The molecule has 0 radical (unpaired) electrons. The lowest BCUT2D eigenvalue weighted by atomic mass is 9.87. The van der Waals surface area contributed by atoms with E-state index in [0.29, 0.717) is 38.9 Å². The number of carboxylic acid groups (broad SMARTS) is 1. The number of alkyl halides is 1. The van der Waals surface area contributed by atoms with Crippen LogP contribution in [0.3, 0.4) is 0 Å². The van der Waals surface area contributed by atoms with Gasteiger partial charge < -0.3 is 14.6 Å². The largest absolute Gasteiger partial charge is 0.477 e. The van der Waals surface area contributed by atoms with Gasteiger partial charge in [-0.1, -0.05) is 60.7 Å². The summed E-state index contributed by atoms with van der Waals surface area (Å²) in [5.41, 5.74) is -0.527. The van der Waals surface area contributed by atoms with E-state index in [1.165, 1.54) is 4.57 Å². The lowest BCUT2D eigenvalue weighted by Crippen LogP contribution is -2.41. The molecule has 42 heavy (non-hydrogen) atoms. The summed E-state index contributed by atoms with van der Waals surface area (Å²) in [7, 11) is 0. The van der Waals surface area contributed by atoms with E-state index in [4.69, 9.17) is 0 Å². The molecule has 1 N–H and O–H groups in total. The van der Waals surface area contributed by atoms with Gasteiger partial charge in [0.15, 0.2) is 5.82 Å². The Kier molecular flexibility index (Phi) is 7.53. The van der Waals surface area contributed by atoms with Crippen LogP contribution in [-0.4, -0.2) is 46.9 Å². The SMILES string of the molecule is O=C(O)c1cn(C2CC2)c2c(F)c(N3CCC(CF)(CN(Cc4ccccc4)Cc4ccccc4)C3)c(F)cc2c1=O. The summed E-state index contributed by atoms with van der Waals surface area (Å²) in [6.45, 7) is 1.26. The number of halogens is 3. The van der Waals surface area contributed by atoms with Gasteiger partial charge in [0.1, 0.15) is 17.1 Å². The van der Waals surface area contributed by atoms with Crippen LogP contribution in [0.2, 0.25) is 0 Å². The first-order valence-electron chi connectivity index (χ1n) is 14.2. The molecule has 6 nitrogen and oxygen atoms in total. The highest BCUT2D eigenvalue weighted by Crippen LogP contribution is 2.42. The van der Waals surface area contributed by atoms with Crippen molar-refractivity contribution in [2.24, 2.45) is 5.41 Å². The van der Waals surface area contributed by atoms with E-state index in [9.17, 15) is 19.1 Å². The van der Waals surface area contributed by atoms with E-state index in [0.717, 1.165) is 23.4 Å². The Hall–Kier alpha value is -4.11. The first kappa shape index (κ1) is 28.0. The number of aromatic carboxylic acids is 1. The number of carbonyl (C=O) groups is 1. The third kappa shape index (κ3) is 5.41. The molecule has 1 saturated carbocycles. The van der Waals surface area contributed by atoms with Gasteiger partial charge in [-0.15, -0.1) is 0 Å². The Bertz CT molecular complexity index is 1630. The third-order valence-electron chi connectivity index (χ3n) is 8.45. The number of carboxylic acids is 1. The van der Waals surface area contributed by atoms with Crippen LogP contribution in [0.1, 0.15) is 46.8 Å². The summed E-state index contributed by atoms with van der Waals surface area (Å²) in [6, 6.07) is 20.6. The Morgan fingerprint density at radius 3 is 2.17 bits per heavy atom. The summed E-state index contributed by atoms with van der Waals surface area (Å²) in [5.74, 6) is -3.31. The number of hydrogen-bond donors (Lipinski definition) is 1. The molecule has 2 heterocycles. The van der Waals surface area contributed by atoms with Crippen LogP contribution in [0.25, 0.3) is 10.9 Å². The van der Waals surface area contributed by atoms with Crippen LogP contribution < -0.4 is 10.3 Å². The third-order valence-corrected chi connectivity index (χ3v) is 8.45. The molecule has 1 aliphatic carbocycles. The number of anilines is 1. The van der Waals surface area contributed by atoms with Gasteiger partial charge >= 0.3 is 5.97 Å². The van der Waals surface area contributed by atoms with Gasteiger partial charge in [0.25, 0.3) is 0 Å². The van der Waals surface area contributed by atoms with Crippen molar-refractivity contribution in [3.8, 4) is 0 Å². The molecule has 3 aromatic carbocycles. The molecule has 6 rings (SSSR count). The predicted octanol–water partition coefficient (Wildman–Crippen LogP) is 6.18. The Morgan fingerprint density at radius 1 is 1.00 bits per heavy atom. The zero-order valence-corrected chi connectivity index (χ0v) is 23.1. The molecule has 9 heteroatoms. The molecular weight excluding hydrogens is 543 g/mol. The standard InChI is InChI=1S/C33H32F3N3O3/c34-19-33(20-37(16-22-7-3-1-4-8-22)17-23-9-5-2-6-10-23)13-14-38(21-33)30-27(35)15-25-29(28(30)36)39(24-11-12-24)18-26(31(25)40)32(41)42/h1-10,15,18,24H,11-14,16-17,19-21H2,(H,41,42). The fourth-order valence-electron chi connectivity index (χ4n) is 6.25. The second kappa shape index (κ2) is 11.3. The van der Waals surface area contributed by atoms with E-state index in [1.54, 1.807) is 4.90 Å². The van der Waals surface area contributed by atoms with Crippen LogP contribution in [0.5, 0.6) is 0 Å². The van der Waals surface area contributed by atoms with Crippen molar-refractivity contribution >= 4 is 22.6 Å². The first-order valence-corrected chi connectivity index (χ1v) is 14.2. The number of rotatable bonds is 10. The maximum absolute atomic E-state index is 16.2. The molecular formula is C33H32F3N3O3. The average molecular weight is 576 g/mol. The van der Waals surface area contributed by atoms with Gasteiger partial charge in [-0.25, -0.2) is 13.6 Å².